The third kappa shape index (κ3) is 5.57. The Morgan fingerprint density at radius 1 is 1.22 bits per heavy atom. The van der Waals surface area contributed by atoms with Crippen molar-refractivity contribution in [1.29, 1.82) is 0 Å². The largest absolute Gasteiger partial charge is 0.496 e. The van der Waals surface area contributed by atoms with Crippen molar-refractivity contribution in [2.24, 2.45) is 0 Å². The lowest BCUT2D eigenvalue weighted by atomic mass is 10.0. The number of halogens is 3. The molecule has 37 heavy (non-hydrogen) atoms. The van der Waals surface area contributed by atoms with Crippen LogP contribution in [0.5, 0.6) is 5.75 Å². The fourth-order valence-electron chi connectivity index (χ4n) is 4.57. The molecular formula is C26H25ClF2N4O4. The van der Waals surface area contributed by atoms with Gasteiger partial charge in [-0.15, -0.1) is 0 Å². The molecule has 2 aliphatic heterocycles. The summed E-state index contributed by atoms with van der Waals surface area (Å²) in [4.78, 5) is 23.4. The molecule has 0 amide bonds. The average Bonchev–Trinajstić information content (AvgIpc) is 3.31. The first-order valence-electron chi connectivity index (χ1n) is 11.8. The Morgan fingerprint density at radius 3 is 2.70 bits per heavy atom. The summed E-state index contributed by atoms with van der Waals surface area (Å²) in [6.07, 6.45) is 4.96. The van der Waals surface area contributed by atoms with Gasteiger partial charge in [-0.3, -0.25) is 9.69 Å². The summed E-state index contributed by atoms with van der Waals surface area (Å²) in [5, 5.41) is 2.77. The van der Waals surface area contributed by atoms with E-state index in [0.717, 1.165) is 19.2 Å². The molecule has 8 nitrogen and oxygen atoms in total. The van der Waals surface area contributed by atoms with Gasteiger partial charge in [0.05, 0.1) is 43.7 Å². The van der Waals surface area contributed by atoms with Gasteiger partial charge in [-0.05, 0) is 24.3 Å². The van der Waals surface area contributed by atoms with Crippen molar-refractivity contribution in [3.63, 3.8) is 0 Å². The number of fused-ring (bicyclic) bond motifs is 2. The number of likely N-dealkylation sites (tertiary alicyclic amines) is 1. The molecule has 0 bridgehead atoms. The van der Waals surface area contributed by atoms with Crippen LogP contribution < -0.4 is 10.1 Å². The number of rotatable bonds is 8. The number of anilines is 2. The number of carbonyl (C=O) groups is 1. The molecule has 3 aromatic rings. The minimum atomic E-state index is -0.933. The van der Waals surface area contributed by atoms with Crippen LogP contribution in [0, 0.1) is 11.6 Å². The number of nitrogens with one attached hydrogen (secondary N) is 1. The maximum absolute atomic E-state index is 14.5. The maximum atomic E-state index is 14.5. The van der Waals surface area contributed by atoms with Gasteiger partial charge in [0.1, 0.15) is 28.7 Å². The fourth-order valence-corrected chi connectivity index (χ4v) is 4.74. The molecule has 3 heterocycles. The van der Waals surface area contributed by atoms with Crippen LogP contribution in [0.3, 0.4) is 0 Å². The van der Waals surface area contributed by atoms with E-state index in [0.29, 0.717) is 42.0 Å². The molecule has 2 aliphatic rings. The van der Waals surface area contributed by atoms with Crippen molar-refractivity contribution in [3.8, 4) is 5.75 Å². The fraction of sp³-hybridized carbons (Fsp3) is 0.346. The first-order chi connectivity index (χ1) is 17.9. The number of nitrogens with zero attached hydrogens (tertiary/aromatic N) is 3. The van der Waals surface area contributed by atoms with E-state index < -0.39 is 16.7 Å². The average molecular weight is 531 g/mol. The third-order valence-electron chi connectivity index (χ3n) is 6.40. The van der Waals surface area contributed by atoms with Gasteiger partial charge in [-0.2, -0.15) is 0 Å². The van der Waals surface area contributed by atoms with Crippen LogP contribution in [0.15, 0.2) is 42.7 Å². The van der Waals surface area contributed by atoms with E-state index in [2.05, 4.69) is 20.2 Å². The van der Waals surface area contributed by atoms with Gasteiger partial charge < -0.3 is 19.5 Å². The number of hydrogen-bond donors (Lipinski definition) is 1. The van der Waals surface area contributed by atoms with Gasteiger partial charge in [0.15, 0.2) is 11.6 Å². The Kier molecular flexibility index (Phi) is 7.61. The van der Waals surface area contributed by atoms with Gasteiger partial charge in [0.25, 0.3) is 0 Å². The molecule has 0 spiro atoms. The van der Waals surface area contributed by atoms with Gasteiger partial charge >= 0.3 is 0 Å². The number of carbonyl (C=O) groups excluding carboxylic acids is 1. The zero-order chi connectivity index (χ0) is 25.9. The maximum Gasteiger partial charge on any atom is 0.168 e. The summed E-state index contributed by atoms with van der Waals surface area (Å²) in [6.45, 7) is 3.40. The Balaban J connectivity index is 1.32. The second kappa shape index (κ2) is 11.1. The monoisotopic (exact) mass is 530 g/mol. The molecule has 0 saturated carbocycles. The molecule has 1 aromatic heterocycles. The molecule has 2 atom stereocenters. The van der Waals surface area contributed by atoms with Gasteiger partial charge in [-0.25, -0.2) is 18.7 Å². The quantitative estimate of drug-likeness (QED) is 0.344. The third-order valence-corrected chi connectivity index (χ3v) is 6.74. The smallest absolute Gasteiger partial charge is 0.168 e. The molecule has 2 fully saturated rings. The van der Waals surface area contributed by atoms with Gasteiger partial charge in [-0.1, -0.05) is 17.7 Å². The number of methoxy groups -OCH3 is 1. The van der Waals surface area contributed by atoms with E-state index >= 15 is 0 Å². The van der Waals surface area contributed by atoms with Gasteiger partial charge in [0.2, 0.25) is 0 Å². The van der Waals surface area contributed by atoms with E-state index in [-0.39, 0.29) is 35.9 Å². The Hall–Kier alpha value is -3.18. The number of hydrogen-bond acceptors (Lipinski definition) is 8. The Bertz CT molecular complexity index is 1340. The molecule has 0 radical (unpaired) electrons. The Morgan fingerprint density at radius 2 is 1.97 bits per heavy atom. The molecule has 1 N–H and O–H groups in total. The van der Waals surface area contributed by atoms with Crippen LogP contribution in [-0.2, 0) is 20.7 Å². The van der Waals surface area contributed by atoms with E-state index in [1.807, 2.05) is 6.08 Å². The standard InChI is InChI=1S/C26H25ClF2N4O4/c1-35-21-11-20-17(26(31-14-30-20)32-19-5-4-18(28)24(27)25(19)29)10-15(21)9-16(34)3-2-6-33-12-22-23(13-33)37-8-7-36-22/h2-5,10-11,14,22-23H,6-9,12-13H2,1H3,(H,30,31,32)/b3-2+/t22-,23+. The highest BCUT2D eigenvalue weighted by atomic mass is 35.5. The molecule has 5 rings (SSSR count). The summed E-state index contributed by atoms with van der Waals surface area (Å²) >= 11 is 5.71. The van der Waals surface area contributed by atoms with Gasteiger partial charge in [0, 0.05) is 43.1 Å². The van der Waals surface area contributed by atoms with Crippen LogP contribution in [0.4, 0.5) is 20.3 Å². The minimum absolute atomic E-state index is 0.0414. The number of allylic oxidation sites excluding steroid dienone is 1. The van der Waals surface area contributed by atoms with Crippen LogP contribution in [0.1, 0.15) is 5.56 Å². The molecule has 0 unspecified atom stereocenters. The summed E-state index contributed by atoms with van der Waals surface area (Å²) in [7, 11) is 1.51. The number of ether oxygens (including phenoxy) is 3. The lowest BCUT2D eigenvalue weighted by Crippen LogP contribution is -2.36. The highest BCUT2D eigenvalue weighted by molar-refractivity contribution is 6.31. The molecule has 2 saturated heterocycles. The number of benzene rings is 2. The van der Waals surface area contributed by atoms with E-state index in [1.54, 1.807) is 18.2 Å². The second-order valence-corrected chi connectivity index (χ2v) is 9.21. The summed E-state index contributed by atoms with van der Waals surface area (Å²) in [5.41, 5.74) is 1.10. The zero-order valence-electron chi connectivity index (χ0n) is 20.0. The molecule has 0 aliphatic carbocycles. The molecule has 194 valence electrons. The van der Waals surface area contributed by atoms with Crippen LogP contribution in [0.2, 0.25) is 5.02 Å². The van der Waals surface area contributed by atoms with Crippen molar-refractivity contribution in [1.82, 2.24) is 14.9 Å². The SMILES string of the molecule is COc1cc2ncnc(Nc3ccc(F)c(Cl)c3F)c2cc1CC(=O)/C=C/CN1C[C@@H]2OCCO[C@@H]2C1. The first kappa shape index (κ1) is 25.5. The van der Waals surface area contributed by atoms with Crippen molar-refractivity contribution < 1.29 is 27.8 Å². The van der Waals surface area contributed by atoms with E-state index in [9.17, 15) is 13.6 Å². The van der Waals surface area contributed by atoms with Crippen molar-refractivity contribution in [2.75, 3.05) is 45.3 Å². The molecule has 11 heteroatoms. The molecular weight excluding hydrogens is 506 g/mol. The number of ketones is 1. The Labute approximate surface area is 217 Å². The highest BCUT2D eigenvalue weighted by Crippen LogP contribution is 2.32. The zero-order valence-corrected chi connectivity index (χ0v) is 20.8. The second-order valence-electron chi connectivity index (χ2n) is 8.83. The van der Waals surface area contributed by atoms with Crippen molar-refractivity contribution in [2.45, 2.75) is 18.6 Å². The predicted octanol–water partition coefficient (Wildman–Crippen LogP) is 4.08. The van der Waals surface area contributed by atoms with Crippen LogP contribution in [0.25, 0.3) is 10.9 Å². The van der Waals surface area contributed by atoms with Crippen molar-refractivity contribution >= 4 is 39.8 Å². The molecule has 2 aromatic carbocycles. The summed E-state index contributed by atoms with van der Waals surface area (Å²) in [6, 6.07) is 5.71. The van der Waals surface area contributed by atoms with Crippen molar-refractivity contribution in [3.05, 3.63) is 65.0 Å². The number of aromatic nitrogens is 2. The van der Waals surface area contributed by atoms with Crippen LogP contribution >= 0.6 is 11.6 Å². The lowest BCUT2D eigenvalue weighted by Gasteiger charge is -2.24. The summed E-state index contributed by atoms with van der Waals surface area (Å²) < 4.78 is 45.0. The van der Waals surface area contributed by atoms with E-state index in [1.165, 1.54) is 19.5 Å². The topological polar surface area (TPSA) is 85.8 Å². The predicted molar refractivity (Wildman–Crippen MR) is 135 cm³/mol. The summed E-state index contributed by atoms with van der Waals surface area (Å²) in [5.74, 6) is -1.13. The van der Waals surface area contributed by atoms with E-state index in [4.69, 9.17) is 25.8 Å². The lowest BCUT2D eigenvalue weighted by molar-refractivity contribution is -0.116. The minimum Gasteiger partial charge on any atom is -0.496 e. The highest BCUT2D eigenvalue weighted by Gasteiger charge is 2.35. The normalized spacial score (nSPS) is 19.9. The first-order valence-corrected chi connectivity index (χ1v) is 12.2. The van der Waals surface area contributed by atoms with Crippen LogP contribution in [-0.4, -0.2) is 72.8 Å².